The second-order valence-corrected chi connectivity index (χ2v) is 20.3. The van der Waals surface area contributed by atoms with Crippen LogP contribution in [-0.2, 0) is 32.7 Å². The quantitative estimate of drug-likeness (QED) is 0.0211. The van der Waals surface area contributed by atoms with Crippen molar-refractivity contribution in [1.29, 1.82) is 0 Å². The summed E-state index contributed by atoms with van der Waals surface area (Å²) in [4.78, 5) is 35.5. The third-order valence-electron chi connectivity index (χ3n) is 10.8. The van der Waals surface area contributed by atoms with Crippen molar-refractivity contribution in [2.75, 3.05) is 47.5 Å². The molecule has 406 valence electrons. The highest BCUT2D eigenvalue weighted by Gasteiger charge is 2.27. The van der Waals surface area contributed by atoms with E-state index in [9.17, 15) is 19.0 Å². The molecule has 0 aromatic carbocycles. The van der Waals surface area contributed by atoms with E-state index in [4.69, 9.17) is 18.5 Å². The highest BCUT2D eigenvalue weighted by atomic mass is 31.2. The highest BCUT2D eigenvalue weighted by Crippen LogP contribution is 2.43. The van der Waals surface area contributed by atoms with Crippen LogP contribution in [0.2, 0.25) is 0 Å². The van der Waals surface area contributed by atoms with E-state index < -0.39 is 32.5 Å². The van der Waals surface area contributed by atoms with Crippen LogP contribution in [0.25, 0.3) is 0 Å². The van der Waals surface area contributed by atoms with E-state index in [1.165, 1.54) is 6.42 Å². The largest absolute Gasteiger partial charge is 0.472 e. The van der Waals surface area contributed by atoms with Crippen molar-refractivity contribution in [3.63, 3.8) is 0 Å². The molecule has 0 aliphatic rings. The normalized spacial score (nSPS) is 14.5. The molecule has 0 aliphatic heterocycles. The van der Waals surface area contributed by atoms with Crippen LogP contribution < -0.4 is 0 Å². The van der Waals surface area contributed by atoms with Gasteiger partial charge in [0.05, 0.1) is 27.7 Å². The fraction of sp³-hybridized carbons (Fsp3) is 0.581. The summed E-state index contributed by atoms with van der Waals surface area (Å²) >= 11 is 0. The molecule has 0 amide bonds. The lowest BCUT2D eigenvalue weighted by Crippen LogP contribution is -2.37. The Kier molecular flexibility index (Phi) is 48.8. The fourth-order valence-corrected chi connectivity index (χ4v) is 7.35. The Morgan fingerprint density at radius 2 is 0.792 bits per heavy atom. The van der Waals surface area contributed by atoms with E-state index in [1.807, 2.05) is 21.1 Å². The average Bonchev–Trinajstić information content (AvgIpc) is 3.34. The molecule has 10 heteroatoms. The molecule has 0 aromatic rings. The number of rotatable bonds is 48. The van der Waals surface area contributed by atoms with E-state index in [1.54, 1.807) is 0 Å². The Balaban J connectivity index is 4.26. The first-order valence-corrected chi connectivity index (χ1v) is 29.1. The maximum Gasteiger partial charge on any atom is 0.472 e. The molecule has 0 heterocycles. The van der Waals surface area contributed by atoms with E-state index in [0.717, 1.165) is 135 Å². The van der Waals surface area contributed by atoms with Crippen molar-refractivity contribution in [1.82, 2.24) is 0 Å². The Labute approximate surface area is 440 Å². The monoisotopic (exact) mass is 1020 g/mol. The topological polar surface area (TPSA) is 108 Å². The lowest BCUT2D eigenvalue weighted by atomic mass is 10.1. The van der Waals surface area contributed by atoms with Gasteiger partial charge in [0.2, 0.25) is 0 Å². The van der Waals surface area contributed by atoms with Crippen LogP contribution >= 0.6 is 7.82 Å². The van der Waals surface area contributed by atoms with Gasteiger partial charge in [0, 0.05) is 12.8 Å². The van der Waals surface area contributed by atoms with Crippen molar-refractivity contribution in [3.8, 4) is 0 Å². The van der Waals surface area contributed by atoms with Crippen LogP contribution in [-0.4, -0.2) is 74.9 Å². The van der Waals surface area contributed by atoms with Gasteiger partial charge in [-0.15, -0.1) is 0 Å². The summed E-state index contributed by atoms with van der Waals surface area (Å²) in [7, 11) is 1.42. The molecule has 0 fully saturated rings. The van der Waals surface area contributed by atoms with E-state index in [0.29, 0.717) is 23.9 Å². The second kappa shape index (κ2) is 51.8. The summed E-state index contributed by atoms with van der Waals surface area (Å²) in [5.74, 6) is -0.858. The molecule has 0 aliphatic carbocycles. The number of nitrogens with zero attached hydrogens (tertiary/aromatic N) is 1. The van der Waals surface area contributed by atoms with Crippen LogP contribution in [0, 0.1) is 0 Å². The van der Waals surface area contributed by atoms with Gasteiger partial charge in [0.25, 0.3) is 0 Å². The number of likely N-dealkylation sites (N-methyl/N-ethyl adjacent to an activating group) is 1. The van der Waals surface area contributed by atoms with Gasteiger partial charge in [0.15, 0.2) is 6.10 Å². The van der Waals surface area contributed by atoms with Crippen LogP contribution in [0.1, 0.15) is 181 Å². The molecule has 2 unspecified atom stereocenters. The Morgan fingerprint density at radius 3 is 1.18 bits per heavy atom. The standard InChI is InChI=1S/C62H100NO8P/c1-6-8-10-12-14-16-18-20-21-22-23-24-25-26-27-28-29-30-31-32-33-34-35-36-37-38-39-40-41-43-45-47-49-51-53-55-62(65)71-60(59-70-72(66,67)69-57-56-63(3,4)5)58-68-61(64)54-52-50-48-46-44-42-19-17-15-13-11-9-7-2/h8,10-11,13-14,16-17,19-21,23-24,26-27,29-30,32-33,35-36,38-39,41,43,60H,6-7,9,12,15,18,22,25,28,31,34,37,40,42,44-59H2,1-5H3/p+1/b10-8-,13-11-,16-14-,19-17-,21-20-,24-23-,27-26-,30-29-,33-32-,36-35-,39-38-,43-41-. The fourth-order valence-electron chi connectivity index (χ4n) is 6.61. The Morgan fingerprint density at radius 1 is 0.444 bits per heavy atom. The van der Waals surface area contributed by atoms with Crippen molar-refractivity contribution in [2.24, 2.45) is 0 Å². The second-order valence-electron chi connectivity index (χ2n) is 18.9. The Hall–Kier alpha value is -4.11. The zero-order chi connectivity index (χ0) is 52.7. The van der Waals surface area contributed by atoms with Crippen molar-refractivity contribution in [3.05, 3.63) is 146 Å². The number of hydrogen-bond donors (Lipinski definition) is 1. The van der Waals surface area contributed by atoms with Gasteiger partial charge in [-0.25, -0.2) is 4.57 Å². The molecule has 0 aromatic heterocycles. The lowest BCUT2D eigenvalue weighted by Gasteiger charge is -2.24. The number of ether oxygens (including phenoxy) is 2. The van der Waals surface area contributed by atoms with Crippen molar-refractivity contribution < 1.29 is 42.1 Å². The molecular weight excluding hydrogens is 918 g/mol. The third-order valence-corrected chi connectivity index (χ3v) is 11.8. The predicted molar refractivity (Wildman–Crippen MR) is 307 cm³/mol. The number of phosphoric acid groups is 1. The zero-order valence-corrected chi connectivity index (χ0v) is 46.7. The minimum atomic E-state index is -4.40. The lowest BCUT2D eigenvalue weighted by molar-refractivity contribution is -0.870. The molecule has 1 N–H and O–H groups in total. The zero-order valence-electron chi connectivity index (χ0n) is 45.8. The van der Waals surface area contributed by atoms with Gasteiger partial charge < -0.3 is 18.9 Å². The summed E-state index contributed by atoms with van der Waals surface area (Å²) in [5.41, 5.74) is 0. The molecule has 72 heavy (non-hydrogen) atoms. The number of esters is 2. The highest BCUT2D eigenvalue weighted by molar-refractivity contribution is 7.47. The van der Waals surface area contributed by atoms with Crippen LogP contribution in [0.5, 0.6) is 0 Å². The number of hydrogen-bond acceptors (Lipinski definition) is 7. The third kappa shape index (κ3) is 55.2. The molecule has 0 radical (unpaired) electrons. The summed E-state index contributed by atoms with van der Waals surface area (Å²) in [6, 6.07) is 0. The van der Waals surface area contributed by atoms with Gasteiger partial charge in [-0.3, -0.25) is 18.6 Å². The van der Waals surface area contributed by atoms with Gasteiger partial charge in [-0.05, 0) is 116 Å². The predicted octanol–water partition coefficient (Wildman–Crippen LogP) is 17.1. The number of quaternary nitrogens is 1. The molecule has 0 spiro atoms. The van der Waals surface area contributed by atoms with E-state index in [2.05, 4.69) is 160 Å². The van der Waals surface area contributed by atoms with Crippen molar-refractivity contribution in [2.45, 2.75) is 187 Å². The number of allylic oxidation sites excluding steroid dienone is 24. The summed E-state index contributed by atoms with van der Waals surface area (Å²) < 4.78 is 34.4. The van der Waals surface area contributed by atoms with Crippen molar-refractivity contribution >= 4 is 19.8 Å². The number of unbranched alkanes of at least 4 members (excludes halogenated alkanes) is 10. The van der Waals surface area contributed by atoms with Gasteiger partial charge in [-0.2, -0.15) is 0 Å². The molecule has 0 bridgehead atoms. The molecule has 9 nitrogen and oxygen atoms in total. The molecule has 0 rings (SSSR count). The summed E-state index contributed by atoms with van der Waals surface area (Å²) in [6.07, 6.45) is 76.3. The van der Waals surface area contributed by atoms with Crippen LogP contribution in [0.4, 0.5) is 0 Å². The number of carbonyl (C=O) groups excluding carboxylic acids is 2. The Bertz CT molecular complexity index is 1720. The van der Waals surface area contributed by atoms with E-state index in [-0.39, 0.29) is 26.1 Å². The minimum absolute atomic E-state index is 0.0155. The maximum absolute atomic E-state index is 12.8. The molecule has 0 saturated carbocycles. The summed E-state index contributed by atoms with van der Waals surface area (Å²) in [6.45, 7) is 4.17. The van der Waals surface area contributed by atoms with Gasteiger partial charge in [-0.1, -0.05) is 198 Å². The minimum Gasteiger partial charge on any atom is -0.462 e. The maximum atomic E-state index is 12.8. The van der Waals surface area contributed by atoms with Crippen LogP contribution in [0.15, 0.2) is 146 Å². The van der Waals surface area contributed by atoms with Crippen LogP contribution in [0.3, 0.4) is 0 Å². The molecule has 2 atom stereocenters. The molecular formula is C62H101NO8P+. The number of phosphoric ester groups is 1. The smallest absolute Gasteiger partial charge is 0.462 e. The van der Waals surface area contributed by atoms with E-state index >= 15 is 0 Å². The first-order valence-electron chi connectivity index (χ1n) is 27.6. The SMILES string of the molecule is CC/C=C\C/C=C\C/C=C\C/C=C\C/C=C\C/C=C\C/C=C\C/C=C\C/C=C\C/C=C\CCCCCCC(=O)OC(COC(=O)CCCCCCC/C=C\C/C=C\CCC)COP(=O)(O)OCC[N+](C)(C)C. The van der Waals surface area contributed by atoms with Gasteiger partial charge >= 0.3 is 19.8 Å². The first kappa shape index (κ1) is 67.9. The first-order chi connectivity index (χ1) is 35.0. The molecule has 0 saturated heterocycles. The number of carbonyl (C=O) groups is 2. The van der Waals surface area contributed by atoms with Gasteiger partial charge in [0.1, 0.15) is 19.8 Å². The summed E-state index contributed by atoms with van der Waals surface area (Å²) in [5, 5.41) is 0. The average molecular weight is 1020 g/mol.